The number of ether oxygens (including phenoxy) is 1. The summed E-state index contributed by atoms with van der Waals surface area (Å²) >= 11 is 0. The standard InChI is InChI=1S/C29H38O2/c1-6-7-8-9-17-31-28(30)25-18-22(3)26-19-23(12-14-24(26)20-25)13-15-27-21(2)11-10-16-29(27,4)5/h12-15,18-20H,6-11,16-17H2,1-5H3/b15-13+. The van der Waals surface area contributed by atoms with Crippen LogP contribution >= 0.6 is 0 Å². The molecule has 0 aliphatic heterocycles. The Hall–Kier alpha value is -2.35. The van der Waals surface area contributed by atoms with Crippen LogP contribution in [0.2, 0.25) is 0 Å². The van der Waals surface area contributed by atoms with Crippen LogP contribution in [0.25, 0.3) is 16.8 Å². The molecule has 166 valence electrons. The second-order valence-electron chi connectivity index (χ2n) is 9.74. The van der Waals surface area contributed by atoms with E-state index < -0.39 is 0 Å². The van der Waals surface area contributed by atoms with Gasteiger partial charge in [-0.2, -0.15) is 0 Å². The quantitative estimate of drug-likeness (QED) is 0.317. The van der Waals surface area contributed by atoms with Crippen molar-refractivity contribution in [1.29, 1.82) is 0 Å². The van der Waals surface area contributed by atoms with Gasteiger partial charge in [-0.05, 0) is 90.6 Å². The van der Waals surface area contributed by atoms with Gasteiger partial charge in [-0.15, -0.1) is 0 Å². The van der Waals surface area contributed by atoms with Crippen LogP contribution in [0.5, 0.6) is 0 Å². The van der Waals surface area contributed by atoms with Crippen molar-refractivity contribution in [1.82, 2.24) is 0 Å². The van der Waals surface area contributed by atoms with E-state index >= 15 is 0 Å². The zero-order valence-electron chi connectivity index (χ0n) is 20.0. The van der Waals surface area contributed by atoms with Gasteiger partial charge in [0.05, 0.1) is 12.2 Å². The number of hydrogen-bond acceptors (Lipinski definition) is 2. The van der Waals surface area contributed by atoms with Crippen LogP contribution in [0, 0.1) is 12.3 Å². The highest BCUT2D eigenvalue weighted by Crippen LogP contribution is 2.41. The van der Waals surface area contributed by atoms with Gasteiger partial charge in [-0.3, -0.25) is 0 Å². The molecule has 31 heavy (non-hydrogen) atoms. The number of fused-ring (bicyclic) bond motifs is 1. The molecule has 0 saturated heterocycles. The van der Waals surface area contributed by atoms with Crippen LogP contribution in [-0.2, 0) is 4.74 Å². The first kappa shape index (κ1) is 23.3. The summed E-state index contributed by atoms with van der Waals surface area (Å²) in [5, 5.41) is 2.28. The molecule has 1 aliphatic carbocycles. The molecule has 0 bridgehead atoms. The van der Waals surface area contributed by atoms with Gasteiger partial charge in [0, 0.05) is 0 Å². The zero-order valence-corrected chi connectivity index (χ0v) is 20.0. The van der Waals surface area contributed by atoms with Crippen molar-refractivity contribution >= 4 is 22.8 Å². The first-order valence-corrected chi connectivity index (χ1v) is 11.9. The lowest BCUT2D eigenvalue weighted by Gasteiger charge is -2.32. The lowest BCUT2D eigenvalue weighted by Crippen LogP contribution is -2.18. The van der Waals surface area contributed by atoms with Crippen LogP contribution < -0.4 is 0 Å². The fourth-order valence-electron chi connectivity index (χ4n) is 4.75. The minimum absolute atomic E-state index is 0.215. The zero-order chi connectivity index (χ0) is 22.4. The molecule has 0 aromatic heterocycles. The van der Waals surface area contributed by atoms with Crippen molar-refractivity contribution in [2.45, 2.75) is 79.6 Å². The Morgan fingerprint density at radius 1 is 1.06 bits per heavy atom. The maximum absolute atomic E-state index is 12.5. The number of allylic oxidation sites excluding steroid dienone is 3. The molecule has 1 aliphatic rings. The van der Waals surface area contributed by atoms with E-state index in [1.807, 2.05) is 12.1 Å². The summed E-state index contributed by atoms with van der Waals surface area (Å²) in [7, 11) is 0. The fourth-order valence-corrected chi connectivity index (χ4v) is 4.75. The monoisotopic (exact) mass is 418 g/mol. The smallest absolute Gasteiger partial charge is 0.338 e. The number of hydrogen-bond donors (Lipinski definition) is 0. The largest absolute Gasteiger partial charge is 0.462 e. The third-order valence-corrected chi connectivity index (χ3v) is 6.64. The maximum Gasteiger partial charge on any atom is 0.338 e. The molecule has 0 heterocycles. The van der Waals surface area contributed by atoms with Crippen molar-refractivity contribution < 1.29 is 9.53 Å². The Kier molecular flexibility index (Phi) is 7.75. The van der Waals surface area contributed by atoms with E-state index in [1.165, 1.54) is 54.2 Å². The first-order valence-electron chi connectivity index (χ1n) is 11.9. The van der Waals surface area contributed by atoms with E-state index in [0.717, 1.165) is 23.8 Å². The highest BCUT2D eigenvalue weighted by Gasteiger charge is 2.26. The van der Waals surface area contributed by atoms with E-state index in [-0.39, 0.29) is 11.4 Å². The van der Waals surface area contributed by atoms with Gasteiger partial charge in [0.15, 0.2) is 0 Å². The summed E-state index contributed by atoms with van der Waals surface area (Å²) in [6.45, 7) is 11.7. The topological polar surface area (TPSA) is 26.3 Å². The molecule has 0 spiro atoms. The normalized spacial score (nSPS) is 16.3. The van der Waals surface area contributed by atoms with Gasteiger partial charge in [0.2, 0.25) is 0 Å². The minimum Gasteiger partial charge on any atom is -0.462 e. The highest BCUT2D eigenvalue weighted by molar-refractivity contribution is 5.97. The number of carbonyl (C=O) groups is 1. The Morgan fingerprint density at radius 3 is 2.61 bits per heavy atom. The summed E-state index contributed by atoms with van der Waals surface area (Å²) in [5.74, 6) is -0.215. The van der Waals surface area contributed by atoms with E-state index in [4.69, 9.17) is 4.74 Å². The van der Waals surface area contributed by atoms with Crippen molar-refractivity contribution in [3.63, 3.8) is 0 Å². The van der Waals surface area contributed by atoms with Crippen LogP contribution in [-0.4, -0.2) is 12.6 Å². The number of benzene rings is 2. The Morgan fingerprint density at radius 2 is 1.87 bits per heavy atom. The van der Waals surface area contributed by atoms with Crippen LogP contribution in [0.4, 0.5) is 0 Å². The predicted molar refractivity (Wildman–Crippen MR) is 132 cm³/mol. The fraction of sp³-hybridized carbons (Fsp3) is 0.483. The maximum atomic E-state index is 12.5. The minimum atomic E-state index is -0.215. The summed E-state index contributed by atoms with van der Waals surface area (Å²) in [6.07, 6.45) is 12.7. The van der Waals surface area contributed by atoms with Gasteiger partial charge >= 0.3 is 5.97 Å². The Labute approximate surface area is 188 Å². The van der Waals surface area contributed by atoms with Gasteiger partial charge in [0.25, 0.3) is 0 Å². The SMILES string of the molecule is CCCCCCOC(=O)c1cc(C)c2cc(/C=C/C3=C(C)CCCC3(C)C)ccc2c1. The molecular formula is C29H38O2. The molecule has 0 N–H and O–H groups in total. The highest BCUT2D eigenvalue weighted by atomic mass is 16.5. The molecule has 0 fully saturated rings. The third-order valence-electron chi connectivity index (χ3n) is 6.64. The van der Waals surface area contributed by atoms with Crippen molar-refractivity contribution in [2.24, 2.45) is 5.41 Å². The molecule has 0 saturated carbocycles. The molecule has 0 radical (unpaired) electrons. The lowest BCUT2D eigenvalue weighted by molar-refractivity contribution is 0.0498. The number of rotatable bonds is 8. The van der Waals surface area contributed by atoms with Gasteiger partial charge in [0.1, 0.15) is 0 Å². The van der Waals surface area contributed by atoms with Gasteiger partial charge in [-0.1, -0.05) is 69.9 Å². The molecule has 2 nitrogen and oxygen atoms in total. The van der Waals surface area contributed by atoms with Crippen molar-refractivity contribution in [3.05, 3.63) is 64.2 Å². The van der Waals surface area contributed by atoms with Crippen molar-refractivity contribution in [3.8, 4) is 0 Å². The second-order valence-corrected chi connectivity index (χ2v) is 9.74. The molecule has 0 unspecified atom stereocenters. The lowest BCUT2D eigenvalue weighted by atomic mass is 9.72. The first-order chi connectivity index (χ1) is 14.8. The molecular weight excluding hydrogens is 380 g/mol. The summed E-state index contributed by atoms with van der Waals surface area (Å²) < 4.78 is 5.48. The number of esters is 1. The average molecular weight is 419 g/mol. The van der Waals surface area contributed by atoms with Crippen molar-refractivity contribution in [2.75, 3.05) is 6.61 Å². The Bertz CT molecular complexity index is 991. The van der Waals surface area contributed by atoms with Gasteiger partial charge < -0.3 is 4.74 Å². The van der Waals surface area contributed by atoms with E-state index in [1.54, 1.807) is 0 Å². The Balaban J connectivity index is 1.77. The van der Waals surface area contributed by atoms with E-state index in [2.05, 4.69) is 65.0 Å². The predicted octanol–water partition coefficient (Wildman–Crippen LogP) is 8.43. The summed E-state index contributed by atoms with van der Waals surface area (Å²) in [6, 6.07) is 10.4. The number of unbranched alkanes of at least 4 members (excludes halogenated alkanes) is 3. The van der Waals surface area contributed by atoms with Gasteiger partial charge in [-0.25, -0.2) is 4.79 Å². The second kappa shape index (κ2) is 10.3. The van der Waals surface area contributed by atoms with Crippen LogP contribution in [0.3, 0.4) is 0 Å². The molecule has 2 aromatic rings. The summed E-state index contributed by atoms with van der Waals surface area (Å²) in [5.41, 5.74) is 6.20. The van der Waals surface area contributed by atoms with E-state index in [0.29, 0.717) is 12.2 Å². The molecule has 2 heteroatoms. The summed E-state index contributed by atoms with van der Waals surface area (Å²) in [4.78, 5) is 12.5. The molecule has 0 amide bonds. The molecule has 3 rings (SSSR count). The van der Waals surface area contributed by atoms with Crippen LogP contribution in [0.1, 0.15) is 94.1 Å². The van der Waals surface area contributed by atoms with Crippen LogP contribution in [0.15, 0.2) is 47.6 Å². The molecule has 0 atom stereocenters. The average Bonchev–Trinajstić information content (AvgIpc) is 2.72. The molecule has 2 aromatic carbocycles. The number of carbonyl (C=O) groups excluding carboxylic acids is 1. The van der Waals surface area contributed by atoms with E-state index in [9.17, 15) is 4.79 Å². The third kappa shape index (κ3) is 5.87. The number of aryl methyl sites for hydroxylation is 1.